The third-order valence-corrected chi connectivity index (χ3v) is 8.79. The molecule has 1 aromatic rings. The minimum absolute atomic E-state index is 0.129. The van der Waals surface area contributed by atoms with Gasteiger partial charge in [-0.15, -0.1) is 6.58 Å². The number of Topliss-reactive ketones (excluding diaryl/α,β-unsaturated/α-hetero) is 1. The number of cyclic esters (lactones) is 1. The molecule has 2 unspecified atom stereocenters. The van der Waals surface area contributed by atoms with E-state index in [9.17, 15) is 19.5 Å². The highest BCUT2D eigenvalue weighted by atomic mass is 16.5. The Hall–Kier alpha value is -3.45. The summed E-state index contributed by atoms with van der Waals surface area (Å²) >= 11 is 0. The summed E-state index contributed by atoms with van der Waals surface area (Å²) in [6.45, 7) is 11.7. The van der Waals surface area contributed by atoms with Crippen molar-refractivity contribution in [3.05, 3.63) is 54.1 Å². The van der Waals surface area contributed by atoms with Crippen molar-refractivity contribution in [2.75, 3.05) is 19.8 Å². The second-order valence-electron chi connectivity index (χ2n) is 13.2. The molecule has 238 valence electrons. The van der Waals surface area contributed by atoms with Crippen LogP contribution in [0.15, 0.2) is 43.0 Å². The smallest absolute Gasteiger partial charge is 0.407 e. The molecule has 1 aromatic carbocycles. The van der Waals surface area contributed by atoms with Crippen molar-refractivity contribution in [1.29, 1.82) is 0 Å². The summed E-state index contributed by atoms with van der Waals surface area (Å²) in [7, 11) is 0. The molecule has 1 saturated carbocycles. The molecule has 2 heterocycles. The van der Waals surface area contributed by atoms with Gasteiger partial charge >= 0.3 is 6.09 Å². The number of aliphatic hydroxyl groups is 1. The lowest BCUT2D eigenvalue weighted by Gasteiger charge is -2.40. The van der Waals surface area contributed by atoms with E-state index < -0.39 is 41.5 Å². The van der Waals surface area contributed by atoms with Gasteiger partial charge in [-0.1, -0.05) is 63.0 Å². The maximum Gasteiger partial charge on any atom is 0.407 e. The first kappa shape index (κ1) is 33.4. The van der Waals surface area contributed by atoms with Gasteiger partial charge in [0.25, 0.3) is 0 Å². The highest BCUT2D eigenvalue weighted by Crippen LogP contribution is 2.45. The van der Waals surface area contributed by atoms with Crippen molar-refractivity contribution < 1.29 is 29.0 Å². The number of hydrogen-bond donors (Lipinski definition) is 3. The number of hydrogen-bond acceptors (Lipinski definition) is 7. The SMILES string of the molecule is C=C[C@@H]1C[C@]1(NC(=O)[C@@H]1C[C@@H]2CN1C(O)[C@H](C(C)(C)C)NC(=O)OCCCCC/C=C/c1cccc(c1)C#CCO2)C(C)=O. The quantitative estimate of drug-likeness (QED) is 0.348. The van der Waals surface area contributed by atoms with E-state index in [0.29, 0.717) is 12.8 Å². The van der Waals surface area contributed by atoms with Crippen molar-refractivity contribution in [1.82, 2.24) is 15.5 Å². The van der Waals surface area contributed by atoms with Crippen LogP contribution in [0.25, 0.3) is 6.08 Å². The largest absolute Gasteiger partial charge is 0.450 e. The lowest BCUT2D eigenvalue weighted by atomic mass is 9.85. The Balaban J connectivity index is 1.58. The van der Waals surface area contributed by atoms with Gasteiger partial charge in [0.15, 0.2) is 5.78 Å². The molecule has 1 aliphatic carbocycles. The zero-order valence-electron chi connectivity index (χ0n) is 26.4. The zero-order chi connectivity index (χ0) is 31.9. The third-order valence-electron chi connectivity index (χ3n) is 8.79. The van der Waals surface area contributed by atoms with Crippen molar-refractivity contribution in [3.63, 3.8) is 0 Å². The van der Waals surface area contributed by atoms with E-state index in [4.69, 9.17) is 9.47 Å². The molecule has 7 atom stereocenters. The normalized spacial score (nSPS) is 32.2. The third kappa shape index (κ3) is 8.38. The highest BCUT2D eigenvalue weighted by Gasteiger charge is 2.59. The molecule has 2 amide bonds. The number of benzene rings is 1. The summed E-state index contributed by atoms with van der Waals surface area (Å²) in [5.41, 5.74) is 0.399. The summed E-state index contributed by atoms with van der Waals surface area (Å²) in [5, 5.41) is 17.6. The number of nitrogens with zero attached hydrogens (tertiary/aromatic N) is 1. The minimum atomic E-state index is -1.23. The summed E-state index contributed by atoms with van der Waals surface area (Å²) in [6, 6.07) is 6.44. The number of carbonyl (C=O) groups excluding carboxylic acids is 3. The Labute approximate surface area is 261 Å². The van der Waals surface area contributed by atoms with Gasteiger partial charge in [0, 0.05) is 18.0 Å². The lowest BCUT2D eigenvalue weighted by Crippen LogP contribution is -2.61. The van der Waals surface area contributed by atoms with Gasteiger partial charge in [-0.05, 0) is 68.6 Å². The molecule has 4 rings (SSSR count). The fourth-order valence-corrected chi connectivity index (χ4v) is 6.05. The van der Waals surface area contributed by atoms with E-state index in [1.165, 1.54) is 6.92 Å². The van der Waals surface area contributed by atoms with Crippen LogP contribution in [0.5, 0.6) is 0 Å². The molecule has 3 aliphatic rings. The van der Waals surface area contributed by atoms with Gasteiger partial charge in [0.05, 0.1) is 24.8 Å². The van der Waals surface area contributed by atoms with Gasteiger partial charge in [0.1, 0.15) is 18.4 Å². The van der Waals surface area contributed by atoms with Gasteiger partial charge in [-0.25, -0.2) is 4.79 Å². The van der Waals surface area contributed by atoms with Gasteiger partial charge in [-0.2, -0.15) is 0 Å². The molecule has 0 radical (unpaired) electrons. The first-order valence-corrected chi connectivity index (χ1v) is 15.6. The number of aliphatic hydroxyl groups excluding tert-OH is 1. The van der Waals surface area contributed by atoms with Gasteiger partial charge in [-0.3, -0.25) is 14.5 Å². The second-order valence-corrected chi connectivity index (χ2v) is 13.2. The minimum Gasteiger partial charge on any atom is -0.450 e. The predicted octanol–water partition coefficient (Wildman–Crippen LogP) is 4.19. The van der Waals surface area contributed by atoms with Gasteiger partial charge < -0.3 is 25.2 Å². The molecule has 0 aromatic heterocycles. The molecular weight excluding hydrogens is 558 g/mol. The Bertz CT molecular complexity index is 1310. The predicted molar refractivity (Wildman–Crippen MR) is 169 cm³/mol. The van der Waals surface area contributed by atoms with E-state index in [0.717, 1.165) is 36.8 Å². The molecule has 2 aliphatic heterocycles. The van der Waals surface area contributed by atoms with E-state index >= 15 is 0 Å². The fourth-order valence-electron chi connectivity index (χ4n) is 6.05. The van der Waals surface area contributed by atoms with Crippen LogP contribution < -0.4 is 10.6 Å². The van der Waals surface area contributed by atoms with Crippen molar-refractivity contribution in [2.24, 2.45) is 11.3 Å². The maximum atomic E-state index is 13.8. The van der Waals surface area contributed by atoms with E-state index in [1.54, 1.807) is 11.0 Å². The summed E-state index contributed by atoms with van der Waals surface area (Å²) < 4.78 is 11.6. The first-order chi connectivity index (χ1) is 20.9. The monoisotopic (exact) mass is 605 g/mol. The molecule has 2 fully saturated rings. The van der Waals surface area contributed by atoms with Crippen LogP contribution in [-0.4, -0.2) is 77.5 Å². The van der Waals surface area contributed by atoms with E-state index in [2.05, 4.69) is 41.2 Å². The standard InChI is InChI=1S/C35H47N3O6/c1-6-27-22-35(27,24(2)39)37-31(40)29-21-28-23-38(29)32(41)30(34(3,4)5)36-33(42)44-18-11-9-7-8-10-14-25-15-12-16-26(20-25)17-13-19-43-28/h6,10,12,14-16,20,27-30,32,41H,1,7-9,11,18-19,21-23H2,2-5H3,(H,36,42)(H,37,40)/b14-10+/t27-,28-,29+,30-,32?,35+/m1/s1. The van der Waals surface area contributed by atoms with Crippen LogP contribution >= 0.6 is 0 Å². The molecule has 0 spiro atoms. The summed E-state index contributed by atoms with van der Waals surface area (Å²) in [4.78, 5) is 40.8. The average molecular weight is 606 g/mol. The Morgan fingerprint density at radius 1 is 1.25 bits per heavy atom. The van der Waals surface area contributed by atoms with Crippen LogP contribution in [0.2, 0.25) is 0 Å². The lowest BCUT2D eigenvalue weighted by molar-refractivity contribution is -0.135. The number of allylic oxidation sites excluding steroid dienone is 1. The van der Waals surface area contributed by atoms with Crippen LogP contribution in [0, 0.1) is 23.2 Å². The highest BCUT2D eigenvalue weighted by molar-refractivity contribution is 5.96. The number of nitrogens with one attached hydrogen (secondary N) is 2. The number of alkyl carbamates (subject to hydrolysis) is 1. The van der Waals surface area contributed by atoms with Crippen LogP contribution in [-0.2, 0) is 19.1 Å². The molecule has 1 saturated heterocycles. The molecule has 4 bridgehead atoms. The number of amides is 2. The number of ketones is 1. The van der Waals surface area contributed by atoms with Crippen LogP contribution in [0.1, 0.15) is 77.3 Å². The number of fused-ring (bicyclic) bond motifs is 4. The first-order valence-electron chi connectivity index (χ1n) is 15.6. The number of carbonyl (C=O) groups is 3. The molecule has 9 nitrogen and oxygen atoms in total. The van der Waals surface area contributed by atoms with Crippen LogP contribution in [0.4, 0.5) is 4.79 Å². The van der Waals surface area contributed by atoms with Crippen molar-refractivity contribution in [2.45, 2.75) is 96.2 Å². The number of rotatable bonds is 4. The molecular formula is C35H47N3O6. The van der Waals surface area contributed by atoms with Crippen molar-refractivity contribution >= 4 is 23.9 Å². The zero-order valence-corrected chi connectivity index (χ0v) is 26.4. The average Bonchev–Trinajstić information content (AvgIpc) is 3.53. The van der Waals surface area contributed by atoms with Crippen molar-refractivity contribution in [3.8, 4) is 11.8 Å². The molecule has 3 N–H and O–H groups in total. The summed E-state index contributed by atoms with van der Waals surface area (Å²) in [6.07, 6.45) is 7.99. The van der Waals surface area contributed by atoms with E-state index in [-0.39, 0.29) is 37.4 Å². The number of ether oxygens (including phenoxy) is 2. The Morgan fingerprint density at radius 3 is 2.75 bits per heavy atom. The van der Waals surface area contributed by atoms with Crippen LogP contribution in [0.3, 0.4) is 0 Å². The summed E-state index contributed by atoms with van der Waals surface area (Å²) in [5.74, 6) is 5.60. The van der Waals surface area contributed by atoms with E-state index in [1.807, 2.05) is 45.0 Å². The van der Waals surface area contributed by atoms with Gasteiger partial charge in [0.2, 0.25) is 5.91 Å². The Kier molecular flexibility index (Phi) is 11.1. The topological polar surface area (TPSA) is 117 Å². The second kappa shape index (κ2) is 14.6. The molecule has 44 heavy (non-hydrogen) atoms. The molecule has 9 heteroatoms. The fraction of sp³-hybridized carbons (Fsp3) is 0.571. The Morgan fingerprint density at radius 2 is 2.05 bits per heavy atom. The maximum absolute atomic E-state index is 13.8.